The van der Waals surface area contributed by atoms with Crippen molar-refractivity contribution in [2.75, 3.05) is 11.1 Å². The van der Waals surface area contributed by atoms with Crippen LogP contribution >= 0.6 is 12.2 Å². The molecule has 1 aromatic rings. The molecular formula is C7H10N4S. The number of aromatic nitrogens is 2. The fraction of sp³-hybridized carbons (Fsp3) is 0.286. The third kappa shape index (κ3) is 1.68. The van der Waals surface area contributed by atoms with E-state index in [1.165, 1.54) is 5.49 Å². The highest BCUT2D eigenvalue weighted by Crippen LogP contribution is 2.18. The van der Waals surface area contributed by atoms with Crippen LogP contribution in [0, 0.1) is 13.8 Å². The lowest BCUT2D eigenvalue weighted by Gasteiger charge is -2.06. The van der Waals surface area contributed by atoms with Gasteiger partial charge in [0.05, 0.1) is 11.2 Å². The van der Waals surface area contributed by atoms with Crippen LogP contribution in [-0.4, -0.2) is 15.5 Å². The average Bonchev–Trinajstić information content (AvgIpc) is 1.96. The zero-order chi connectivity index (χ0) is 9.14. The number of rotatable bonds is 2. The Kier molecular flexibility index (Phi) is 2.54. The molecule has 0 radical (unpaired) electrons. The molecule has 1 heterocycles. The fourth-order valence-electron chi connectivity index (χ4n) is 0.976. The number of aryl methyl sites for hydroxylation is 2. The number of nitrogens with one attached hydrogen (secondary N) is 1. The SMILES string of the molecule is Cc1nc(C)c(NC=S)c(N)n1. The van der Waals surface area contributed by atoms with E-state index in [0.29, 0.717) is 17.3 Å². The second-order valence-electron chi connectivity index (χ2n) is 2.38. The largest absolute Gasteiger partial charge is 0.382 e. The molecule has 4 nitrogen and oxygen atoms in total. The van der Waals surface area contributed by atoms with Crippen molar-refractivity contribution in [2.24, 2.45) is 0 Å². The van der Waals surface area contributed by atoms with Gasteiger partial charge in [0.15, 0.2) is 5.82 Å². The van der Waals surface area contributed by atoms with Crippen molar-refractivity contribution < 1.29 is 0 Å². The average molecular weight is 182 g/mol. The van der Waals surface area contributed by atoms with Gasteiger partial charge in [0.25, 0.3) is 0 Å². The van der Waals surface area contributed by atoms with E-state index in [9.17, 15) is 0 Å². The van der Waals surface area contributed by atoms with Crippen LogP contribution in [0.1, 0.15) is 11.5 Å². The van der Waals surface area contributed by atoms with Crippen molar-refractivity contribution >= 4 is 29.2 Å². The maximum Gasteiger partial charge on any atom is 0.151 e. The number of nitrogens with two attached hydrogens (primary N) is 1. The number of hydrogen-bond acceptors (Lipinski definition) is 4. The topological polar surface area (TPSA) is 63.8 Å². The second kappa shape index (κ2) is 3.44. The molecule has 0 aliphatic carbocycles. The molecule has 0 bridgehead atoms. The maximum atomic E-state index is 5.63. The van der Waals surface area contributed by atoms with Crippen LogP contribution in [0.4, 0.5) is 11.5 Å². The summed E-state index contributed by atoms with van der Waals surface area (Å²) in [5.74, 6) is 1.10. The van der Waals surface area contributed by atoms with Crippen LogP contribution in [-0.2, 0) is 0 Å². The molecule has 3 N–H and O–H groups in total. The van der Waals surface area contributed by atoms with Crippen LogP contribution in [0.3, 0.4) is 0 Å². The van der Waals surface area contributed by atoms with Crippen LogP contribution in [0.2, 0.25) is 0 Å². The first-order valence-electron chi connectivity index (χ1n) is 3.46. The van der Waals surface area contributed by atoms with Gasteiger partial charge in [-0.3, -0.25) is 0 Å². The minimum absolute atomic E-state index is 0.432. The van der Waals surface area contributed by atoms with E-state index < -0.39 is 0 Å². The minimum Gasteiger partial charge on any atom is -0.382 e. The molecule has 1 aromatic heterocycles. The molecule has 0 atom stereocenters. The smallest absolute Gasteiger partial charge is 0.151 e. The van der Waals surface area contributed by atoms with Crippen molar-refractivity contribution in [3.63, 3.8) is 0 Å². The predicted molar refractivity (Wildman–Crippen MR) is 53.2 cm³/mol. The highest BCUT2D eigenvalue weighted by atomic mass is 32.1. The van der Waals surface area contributed by atoms with Crippen LogP contribution < -0.4 is 11.1 Å². The fourth-order valence-corrected chi connectivity index (χ4v) is 1.09. The van der Waals surface area contributed by atoms with E-state index in [2.05, 4.69) is 27.5 Å². The molecular weight excluding hydrogens is 172 g/mol. The van der Waals surface area contributed by atoms with Crippen LogP contribution in [0.25, 0.3) is 0 Å². The number of hydrogen-bond donors (Lipinski definition) is 2. The molecule has 0 unspecified atom stereocenters. The minimum atomic E-state index is 0.432. The summed E-state index contributed by atoms with van der Waals surface area (Å²) < 4.78 is 0. The van der Waals surface area contributed by atoms with Gasteiger partial charge < -0.3 is 11.1 Å². The van der Waals surface area contributed by atoms with E-state index in [0.717, 1.165) is 5.69 Å². The van der Waals surface area contributed by atoms with Gasteiger partial charge in [0.1, 0.15) is 11.5 Å². The number of nitrogen functional groups attached to an aromatic ring is 1. The molecule has 0 aliphatic heterocycles. The van der Waals surface area contributed by atoms with E-state index in [1.807, 2.05) is 6.92 Å². The van der Waals surface area contributed by atoms with E-state index in [4.69, 9.17) is 5.73 Å². The molecule has 0 aromatic carbocycles. The van der Waals surface area contributed by atoms with E-state index >= 15 is 0 Å². The predicted octanol–water partition coefficient (Wildman–Crippen LogP) is 1.04. The molecule has 0 aliphatic rings. The normalized spacial score (nSPS) is 9.50. The summed E-state index contributed by atoms with van der Waals surface area (Å²) in [7, 11) is 0. The van der Waals surface area contributed by atoms with Crippen molar-refractivity contribution in [3.05, 3.63) is 11.5 Å². The lowest BCUT2D eigenvalue weighted by Crippen LogP contribution is -2.06. The van der Waals surface area contributed by atoms with Crippen LogP contribution in [0.15, 0.2) is 0 Å². The van der Waals surface area contributed by atoms with Crippen molar-refractivity contribution in [1.82, 2.24) is 9.97 Å². The number of thiocarbonyl (C=S) groups is 1. The van der Waals surface area contributed by atoms with Gasteiger partial charge >= 0.3 is 0 Å². The lowest BCUT2D eigenvalue weighted by molar-refractivity contribution is 1.02. The second-order valence-corrected chi connectivity index (χ2v) is 2.61. The van der Waals surface area contributed by atoms with Gasteiger partial charge in [-0.1, -0.05) is 12.2 Å². The zero-order valence-electron chi connectivity index (χ0n) is 6.96. The summed E-state index contributed by atoms with van der Waals surface area (Å²) in [6.45, 7) is 3.65. The number of nitrogens with zero attached hydrogens (tertiary/aromatic N) is 2. The summed E-state index contributed by atoms with van der Waals surface area (Å²) in [4.78, 5) is 8.12. The molecule has 64 valence electrons. The van der Waals surface area contributed by atoms with Crippen molar-refractivity contribution in [1.29, 1.82) is 0 Å². The highest BCUT2D eigenvalue weighted by molar-refractivity contribution is 7.79. The highest BCUT2D eigenvalue weighted by Gasteiger charge is 2.04. The van der Waals surface area contributed by atoms with Gasteiger partial charge in [-0.15, -0.1) is 0 Å². The standard InChI is InChI=1S/C7H10N4S/c1-4-6(9-3-12)7(8)11-5(2)10-4/h3H,1-2H3,(H,9,12)(H2,8,10,11). The van der Waals surface area contributed by atoms with Gasteiger partial charge in [0, 0.05) is 0 Å². The van der Waals surface area contributed by atoms with Crippen molar-refractivity contribution in [2.45, 2.75) is 13.8 Å². The molecule has 0 saturated heterocycles. The van der Waals surface area contributed by atoms with Gasteiger partial charge in [0.2, 0.25) is 0 Å². The van der Waals surface area contributed by atoms with Crippen molar-refractivity contribution in [3.8, 4) is 0 Å². The molecule has 0 amide bonds. The Morgan fingerprint density at radius 3 is 2.58 bits per heavy atom. The Bertz CT molecular complexity index is 287. The van der Waals surface area contributed by atoms with Gasteiger partial charge in [-0.25, -0.2) is 9.97 Å². The molecule has 0 saturated carbocycles. The molecule has 0 fully saturated rings. The van der Waals surface area contributed by atoms with Crippen LogP contribution in [0.5, 0.6) is 0 Å². The Labute approximate surface area is 76.2 Å². The lowest BCUT2D eigenvalue weighted by atomic mass is 10.3. The number of anilines is 2. The van der Waals surface area contributed by atoms with E-state index in [-0.39, 0.29) is 0 Å². The Morgan fingerprint density at radius 2 is 2.08 bits per heavy atom. The third-order valence-corrected chi connectivity index (χ3v) is 1.55. The molecule has 5 heteroatoms. The molecule has 12 heavy (non-hydrogen) atoms. The zero-order valence-corrected chi connectivity index (χ0v) is 7.77. The summed E-state index contributed by atoms with van der Waals surface area (Å²) >= 11 is 4.64. The molecule has 1 rings (SSSR count). The quantitative estimate of drug-likeness (QED) is 0.669. The summed E-state index contributed by atoms with van der Waals surface area (Å²) in [5, 5.41) is 2.81. The Hall–Kier alpha value is -1.23. The summed E-state index contributed by atoms with van der Waals surface area (Å²) in [6.07, 6.45) is 0. The Balaban J connectivity index is 3.18. The summed E-state index contributed by atoms with van der Waals surface area (Å²) in [5.41, 5.74) is 8.51. The monoisotopic (exact) mass is 182 g/mol. The Morgan fingerprint density at radius 1 is 1.42 bits per heavy atom. The first-order chi connectivity index (χ1) is 5.65. The molecule has 0 spiro atoms. The van der Waals surface area contributed by atoms with Gasteiger partial charge in [-0.05, 0) is 13.8 Å². The van der Waals surface area contributed by atoms with E-state index in [1.54, 1.807) is 6.92 Å². The third-order valence-electron chi connectivity index (χ3n) is 1.43. The maximum absolute atomic E-state index is 5.63. The first-order valence-corrected chi connectivity index (χ1v) is 3.93. The first kappa shape index (κ1) is 8.86. The van der Waals surface area contributed by atoms with Gasteiger partial charge in [-0.2, -0.15) is 0 Å². The summed E-state index contributed by atoms with van der Waals surface area (Å²) in [6, 6.07) is 0.